The van der Waals surface area contributed by atoms with Gasteiger partial charge in [0.2, 0.25) is 0 Å². The molecule has 0 fully saturated rings. The van der Waals surface area contributed by atoms with Crippen molar-refractivity contribution < 1.29 is 0 Å². The molecule has 0 bridgehead atoms. The van der Waals surface area contributed by atoms with E-state index >= 15 is 0 Å². The third-order valence-corrected chi connectivity index (χ3v) is 6.80. The summed E-state index contributed by atoms with van der Waals surface area (Å²) >= 11 is 0. The Balaban J connectivity index is 1.92. The van der Waals surface area contributed by atoms with Gasteiger partial charge < -0.3 is 10.6 Å². The van der Waals surface area contributed by atoms with Crippen molar-refractivity contribution in [1.82, 2.24) is 9.97 Å². The maximum atomic E-state index is 5.08. The first kappa shape index (κ1) is 25.7. The van der Waals surface area contributed by atoms with Gasteiger partial charge in [-0.3, -0.25) is 0 Å². The van der Waals surface area contributed by atoms with Gasteiger partial charge in [-0.05, 0) is 58.1 Å². The fourth-order valence-corrected chi connectivity index (χ4v) is 4.80. The standard InChI is InChI=1S/C32H40N4/c1-19(2)23-13-11-14-24(20(3)4)29(23)35-31-32(34-28-18-10-9-17-27(28)33-31)36-30-25(21(5)6)15-12-16-26(30)22(7)8/h9-22H,1-8H3,(H,33,35)(H,34,36). The van der Waals surface area contributed by atoms with Gasteiger partial charge in [-0.15, -0.1) is 0 Å². The van der Waals surface area contributed by atoms with Crippen molar-refractivity contribution in [3.05, 3.63) is 82.9 Å². The molecule has 2 N–H and O–H groups in total. The van der Waals surface area contributed by atoms with E-state index in [-0.39, 0.29) is 0 Å². The van der Waals surface area contributed by atoms with Gasteiger partial charge in [0.15, 0.2) is 11.6 Å². The molecule has 0 saturated heterocycles. The van der Waals surface area contributed by atoms with E-state index in [0.29, 0.717) is 23.7 Å². The number of hydrogen-bond acceptors (Lipinski definition) is 4. The monoisotopic (exact) mass is 480 g/mol. The number of hydrogen-bond donors (Lipinski definition) is 2. The summed E-state index contributed by atoms with van der Waals surface area (Å²) in [6.07, 6.45) is 0. The molecule has 3 aromatic carbocycles. The third-order valence-electron chi connectivity index (χ3n) is 6.80. The van der Waals surface area contributed by atoms with Gasteiger partial charge in [0, 0.05) is 11.4 Å². The molecule has 0 amide bonds. The van der Waals surface area contributed by atoms with E-state index in [1.165, 1.54) is 22.3 Å². The molecule has 4 rings (SSSR count). The molecule has 4 nitrogen and oxygen atoms in total. The number of nitrogens with one attached hydrogen (secondary N) is 2. The summed E-state index contributed by atoms with van der Waals surface area (Å²) in [4.78, 5) is 10.2. The number of anilines is 4. The van der Waals surface area contributed by atoms with E-state index in [2.05, 4.69) is 102 Å². The average Bonchev–Trinajstić information content (AvgIpc) is 2.84. The van der Waals surface area contributed by atoms with Gasteiger partial charge in [0.1, 0.15) is 0 Å². The number of nitrogens with zero attached hydrogens (tertiary/aromatic N) is 2. The molecule has 0 aliphatic heterocycles. The third kappa shape index (κ3) is 5.23. The molecule has 4 aromatic rings. The second-order valence-electron chi connectivity index (χ2n) is 10.9. The lowest BCUT2D eigenvalue weighted by Gasteiger charge is -2.24. The van der Waals surface area contributed by atoms with Crippen LogP contribution in [0.15, 0.2) is 60.7 Å². The first-order chi connectivity index (χ1) is 17.2. The Morgan fingerprint density at radius 1 is 0.444 bits per heavy atom. The molecule has 0 spiro atoms. The fraction of sp³-hybridized carbons (Fsp3) is 0.375. The number of aromatic nitrogens is 2. The number of rotatable bonds is 8. The van der Waals surface area contributed by atoms with E-state index in [9.17, 15) is 0 Å². The smallest absolute Gasteiger partial charge is 0.174 e. The lowest BCUT2D eigenvalue weighted by Crippen LogP contribution is -2.10. The zero-order chi connectivity index (χ0) is 26.0. The van der Waals surface area contributed by atoms with Gasteiger partial charge in [-0.25, -0.2) is 9.97 Å². The van der Waals surface area contributed by atoms with Crippen LogP contribution in [-0.2, 0) is 0 Å². The summed E-state index contributed by atoms with van der Waals surface area (Å²) in [5.74, 6) is 3.01. The second-order valence-corrected chi connectivity index (χ2v) is 10.9. The first-order valence-electron chi connectivity index (χ1n) is 13.2. The van der Waals surface area contributed by atoms with Crippen molar-refractivity contribution in [1.29, 1.82) is 0 Å². The quantitative estimate of drug-likeness (QED) is 0.263. The molecule has 0 unspecified atom stereocenters. The van der Waals surface area contributed by atoms with Gasteiger partial charge in [0.05, 0.1) is 11.0 Å². The van der Waals surface area contributed by atoms with Crippen molar-refractivity contribution in [2.24, 2.45) is 0 Å². The molecule has 1 aromatic heterocycles. The molecule has 1 heterocycles. The Morgan fingerprint density at radius 2 is 0.750 bits per heavy atom. The molecule has 0 aliphatic rings. The van der Waals surface area contributed by atoms with Crippen molar-refractivity contribution in [3.63, 3.8) is 0 Å². The zero-order valence-electron chi connectivity index (χ0n) is 23.0. The van der Waals surface area contributed by atoms with Gasteiger partial charge in [-0.2, -0.15) is 0 Å². The maximum absolute atomic E-state index is 5.08. The molecular formula is C32H40N4. The Bertz CT molecular complexity index is 1200. The maximum Gasteiger partial charge on any atom is 0.174 e. The minimum absolute atomic E-state index is 0.380. The largest absolute Gasteiger partial charge is 0.337 e. The van der Waals surface area contributed by atoms with Crippen molar-refractivity contribution in [2.75, 3.05) is 10.6 Å². The molecule has 0 radical (unpaired) electrons. The van der Waals surface area contributed by atoms with Crippen molar-refractivity contribution >= 4 is 34.0 Å². The summed E-state index contributed by atoms with van der Waals surface area (Å²) < 4.78 is 0. The average molecular weight is 481 g/mol. The summed E-state index contributed by atoms with van der Waals surface area (Å²) in [5.41, 5.74) is 9.16. The van der Waals surface area contributed by atoms with E-state index in [1.807, 2.05) is 24.3 Å². The Morgan fingerprint density at radius 3 is 1.03 bits per heavy atom. The summed E-state index contributed by atoms with van der Waals surface area (Å²) in [7, 11) is 0. The summed E-state index contributed by atoms with van der Waals surface area (Å²) in [6, 6.07) is 21.3. The Kier molecular flexibility index (Phi) is 7.63. The topological polar surface area (TPSA) is 49.8 Å². The second kappa shape index (κ2) is 10.7. The highest BCUT2D eigenvalue weighted by atomic mass is 15.1. The predicted octanol–water partition coefficient (Wildman–Crippen LogP) is 9.61. The van der Waals surface area contributed by atoms with Crippen molar-refractivity contribution in [3.8, 4) is 0 Å². The van der Waals surface area contributed by atoms with E-state index in [0.717, 1.165) is 34.0 Å². The molecule has 36 heavy (non-hydrogen) atoms. The number of fused-ring (bicyclic) bond motifs is 1. The van der Waals surface area contributed by atoms with Gasteiger partial charge in [-0.1, -0.05) is 104 Å². The Labute approximate surface area is 216 Å². The normalized spacial score (nSPS) is 11.8. The number of benzene rings is 3. The molecule has 0 aliphatic carbocycles. The molecule has 0 saturated carbocycles. The van der Waals surface area contributed by atoms with Crippen LogP contribution in [0.5, 0.6) is 0 Å². The van der Waals surface area contributed by atoms with Gasteiger partial charge >= 0.3 is 0 Å². The SMILES string of the molecule is CC(C)c1cccc(C(C)C)c1Nc1nc2ccccc2nc1Nc1c(C(C)C)cccc1C(C)C. The first-order valence-corrected chi connectivity index (χ1v) is 13.2. The molecule has 4 heteroatoms. The van der Waals surface area contributed by atoms with E-state index in [1.54, 1.807) is 0 Å². The lowest BCUT2D eigenvalue weighted by atomic mass is 9.92. The van der Waals surface area contributed by atoms with Crippen LogP contribution in [0.4, 0.5) is 23.0 Å². The highest BCUT2D eigenvalue weighted by Gasteiger charge is 2.20. The van der Waals surface area contributed by atoms with Crippen LogP contribution >= 0.6 is 0 Å². The Hall–Kier alpha value is -3.40. The predicted molar refractivity (Wildman–Crippen MR) is 155 cm³/mol. The number of para-hydroxylation sites is 4. The van der Waals surface area contributed by atoms with Gasteiger partial charge in [0.25, 0.3) is 0 Å². The van der Waals surface area contributed by atoms with Crippen LogP contribution in [0.3, 0.4) is 0 Å². The molecule has 0 atom stereocenters. The van der Waals surface area contributed by atoms with E-state index in [4.69, 9.17) is 9.97 Å². The minimum atomic E-state index is 0.380. The van der Waals surface area contributed by atoms with Crippen LogP contribution < -0.4 is 10.6 Å². The summed E-state index contributed by atoms with van der Waals surface area (Å²) in [5, 5.41) is 7.49. The highest BCUT2D eigenvalue weighted by molar-refractivity contribution is 5.85. The lowest BCUT2D eigenvalue weighted by molar-refractivity contribution is 0.836. The zero-order valence-corrected chi connectivity index (χ0v) is 23.0. The highest BCUT2D eigenvalue weighted by Crippen LogP contribution is 2.39. The van der Waals surface area contributed by atoms with Crippen molar-refractivity contribution in [2.45, 2.75) is 79.1 Å². The fourth-order valence-electron chi connectivity index (χ4n) is 4.80. The van der Waals surface area contributed by atoms with Crippen LogP contribution in [0.2, 0.25) is 0 Å². The van der Waals surface area contributed by atoms with Crippen LogP contribution in [-0.4, -0.2) is 9.97 Å². The van der Waals surface area contributed by atoms with Crippen LogP contribution in [0.1, 0.15) is 101 Å². The minimum Gasteiger partial charge on any atom is -0.337 e. The van der Waals surface area contributed by atoms with Crippen LogP contribution in [0.25, 0.3) is 11.0 Å². The summed E-state index contributed by atoms with van der Waals surface area (Å²) in [6.45, 7) is 17.9. The molecule has 188 valence electrons. The van der Waals surface area contributed by atoms with Crippen LogP contribution in [0, 0.1) is 0 Å². The van der Waals surface area contributed by atoms with E-state index < -0.39 is 0 Å². The molecular weight excluding hydrogens is 440 g/mol.